The summed E-state index contributed by atoms with van der Waals surface area (Å²) in [5.41, 5.74) is 0. The summed E-state index contributed by atoms with van der Waals surface area (Å²) >= 11 is 0. The third-order valence-electron chi connectivity index (χ3n) is 1.61. The van der Waals surface area contributed by atoms with E-state index in [4.69, 9.17) is 4.74 Å². The molecule has 0 aliphatic rings. The van der Waals surface area contributed by atoms with Crippen LogP contribution in [-0.2, 0) is 4.74 Å². The molecule has 0 amide bonds. The fraction of sp³-hybridized carbons (Fsp3) is 0.750. The molecular weight excluding hydrogens is 112 g/mol. The first-order chi connectivity index (χ1) is 4.22. The van der Waals surface area contributed by atoms with E-state index in [0.717, 1.165) is 0 Å². The molecule has 2 atom stereocenters. The van der Waals surface area contributed by atoms with Crippen LogP contribution in [0.25, 0.3) is 0 Å². The van der Waals surface area contributed by atoms with Gasteiger partial charge >= 0.3 is 0 Å². The Hall–Kier alpha value is -0.300. The second-order valence-corrected chi connectivity index (χ2v) is 2.33. The zero-order valence-electron chi connectivity index (χ0n) is 6.72. The number of methoxy groups -OCH3 is 1. The largest absolute Gasteiger partial charge is 0.381 e. The third-order valence-corrected chi connectivity index (χ3v) is 1.61. The van der Waals surface area contributed by atoms with Crippen molar-refractivity contribution in [2.45, 2.75) is 26.9 Å². The first-order valence-electron chi connectivity index (χ1n) is 3.38. The van der Waals surface area contributed by atoms with Crippen LogP contribution in [0.2, 0.25) is 0 Å². The van der Waals surface area contributed by atoms with Crippen LogP contribution in [0.4, 0.5) is 0 Å². The minimum atomic E-state index is 0.334. The van der Waals surface area contributed by atoms with Crippen molar-refractivity contribution in [2.24, 2.45) is 5.92 Å². The summed E-state index contributed by atoms with van der Waals surface area (Å²) in [4.78, 5) is 0. The summed E-state index contributed by atoms with van der Waals surface area (Å²) in [6.45, 7) is 6.25. The SMILES string of the molecule is C/C=C\C(C)[C@@H](C)OC. The van der Waals surface area contributed by atoms with Crippen LogP contribution in [0, 0.1) is 5.92 Å². The number of rotatable bonds is 3. The van der Waals surface area contributed by atoms with E-state index in [1.54, 1.807) is 7.11 Å². The van der Waals surface area contributed by atoms with Crippen LogP contribution in [-0.4, -0.2) is 13.2 Å². The van der Waals surface area contributed by atoms with Crippen LogP contribution >= 0.6 is 0 Å². The molecule has 0 fully saturated rings. The third kappa shape index (κ3) is 3.31. The van der Waals surface area contributed by atoms with Crippen molar-refractivity contribution in [3.8, 4) is 0 Å². The average Bonchev–Trinajstić information content (AvgIpc) is 1.87. The van der Waals surface area contributed by atoms with Crippen LogP contribution in [0.1, 0.15) is 20.8 Å². The summed E-state index contributed by atoms with van der Waals surface area (Å²) in [7, 11) is 1.74. The molecule has 54 valence electrons. The highest BCUT2D eigenvalue weighted by Gasteiger charge is 2.05. The van der Waals surface area contributed by atoms with E-state index in [9.17, 15) is 0 Å². The van der Waals surface area contributed by atoms with Crippen LogP contribution in [0.3, 0.4) is 0 Å². The lowest BCUT2D eigenvalue weighted by Crippen LogP contribution is -2.13. The van der Waals surface area contributed by atoms with Gasteiger partial charge in [-0.05, 0) is 19.8 Å². The number of hydrogen-bond acceptors (Lipinski definition) is 1. The number of allylic oxidation sites excluding steroid dienone is 1. The summed E-state index contributed by atoms with van der Waals surface area (Å²) in [5, 5.41) is 0. The summed E-state index contributed by atoms with van der Waals surface area (Å²) in [5.74, 6) is 0.528. The number of ether oxygens (including phenoxy) is 1. The molecule has 0 heterocycles. The van der Waals surface area contributed by atoms with E-state index in [-0.39, 0.29) is 0 Å². The van der Waals surface area contributed by atoms with Gasteiger partial charge in [-0.1, -0.05) is 19.1 Å². The van der Waals surface area contributed by atoms with Gasteiger partial charge in [0.15, 0.2) is 0 Å². The molecule has 0 aromatic carbocycles. The molecule has 0 aliphatic heterocycles. The Bertz CT molecular complexity index is 86.6. The molecule has 0 N–H and O–H groups in total. The molecule has 0 rings (SSSR count). The second kappa shape index (κ2) is 4.57. The molecular formula is C8H16O. The Balaban J connectivity index is 3.58. The summed E-state index contributed by atoms with van der Waals surface area (Å²) < 4.78 is 5.11. The van der Waals surface area contributed by atoms with Gasteiger partial charge < -0.3 is 4.74 Å². The second-order valence-electron chi connectivity index (χ2n) is 2.33. The van der Waals surface area contributed by atoms with Crippen molar-refractivity contribution in [1.29, 1.82) is 0 Å². The topological polar surface area (TPSA) is 9.23 Å². The fourth-order valence-electron chi connectivity index (χ4n) is 0.675. The molecule has 0 bridgehead atoms. The van der Waals surface area contributed by atoms with Crippen molar-refractivity contribution < 1.29 is 4.74 Å². The number of hydrogen-bond donors (Lipinski definition) is 0. The lowest BCUT2D eigenvalue weighted by atomic mass is 10.1. The summed E-state index contributed by atoms with van der Waals surface area (Å²) in [6, 6.07) is 0. The van der Waals surface area contributed by atoms with Gasteiger partial charge in [0.25, 0.3) is 0 Å². The van der Waals surface area contributed by atoms with Gasteiger partial charge in [0.05, 0.1) is 6.10 Å². The molecule has 0 spiro atoms. The van der Waals surface area contributed by atoms with E-state index >= 15 is 0 Å². The lowest BCUT2D eigenvalue weighted by Gasteiger charge is -2.13. The maximum atomic E-state index is 5.11. The highest BCUT2D eigenvalue weighted by molar-refractivity contribution is 4.85. The van der Waals surface area contributed by atoms with Gasteiger partial charge in [0, 0.05) is 7.11 Å². The zero-order chi connectivity index (χ0) is 7.28. The molecule has 0 radical (unpaired) electrons. The quantitative estimate of drug-likeness (QED) is 0.530. The van der Waals surface area contributed by atoms with Crippen molar-refractivity contribution >= 4 is 0 Å². The predicted octanol–water partition coefficient (Wildman–Crippen LogP) is 2.23. The molecule has 0 aromatic rings. The van der Waals surface area contributed by atoms with Gasteiger partial charge in [-0.3, -0.25) is 0 Å². The average molecular weight is 128 g/mol. The summed E-state index contributed by atoms with van der Waals surface area (Å²) in [6.07, 6.45) is 4.54. The van der Waals surface area contributed by atoms with E-state index in [1.165, 1.54) is 0 Å². The maximum Gasteiger partial charge on any atom is 0.0603 e. The smallest absolute Gasteiger partial charge is 0.0603 e. The Morgan fingerprint density at radius 1 is 1.33 bits per heavy atom. The van der Waals surface area contributed by atoms with E-state index in [0.29, 0.717) is 12.0 Å². The lowest BCUT2D eigenvalue weighted by molar-refractivity contribution is 0.0898. The van der Waals surface area contributed by atoms with Crippen molar-refractivity contribution in [2.75, 3.05) is 7.11 Å². The Labute approximate surface area is 57.7 Å². The first-order valence-corrected chi connectivity index (χ1v) is 3.38. The van der Waals surface area contributed by atoms with Gasteiger partial charge in [0.2, 0.25) is 0 Å². The molecule has 1 heteroatoms. The standard InChI is InChI=1S/C8H16O/c1-5-6-7(2)8(3)9-4/h5-8H,1-4H3/b6-5-/t7?,8-/m1/s1. The fourth-order valence-corrected chi connectivity index (χ4v) is 0.675. The minimum absolute atomic E-state index is 0.334. The van der Waals surface area contributed by atoms with Crippen molar-refractivity contribution in [3.05, 3.63) is 12.2 Å². The molecule has 1 nitrogen and oxygen atoms in total. The maximum absolute atomic E-state index is 5.11. The van der Waals surface area contributed by atoms with E-state index in [1.807, 2.05) is 6.92 Å². The monoisotopic (exact) mass is 128 g/mol. The predicted molar refractivity (Wildman–Crippen MR) is 40.4 cm³/mol. The normalized spacial score (nSPS) is 18.2. The molecule has 0 aromatic heterocycles. The highest BCUT2D eigenvalue weighted by Crippen LogP contribution is 2.06. The van der Waals surface area contributed by atoms with Crippen LogP contribution in [0.15, 0.2) is 12.2 Å². The van der Waals surface area contributed by atoms with Crippen molar-refractivity contribution in [1.82, 2.24) is 0 Å². The molecule has 1 unspecified atom stereocenters. The molecule has 0 saturated heterocycles. The van der Waals surface area contributed by atoms with E-state index in [2.05, 4.69) is 26.0 Å². The molecule has 0 aliphatic carbocycles. The van der Waals surface area contributed by atoms with Crippen molar-refractivity contribution in [3.63, 3.8) is 0 Å². The van der Waals surface area contributed by atoms with Gasteiger partial charge in [-0.2, -0.15) is 0 Å². The van der Waals surface area contributed by atoms with E-state index < -0.39 is 0 Å². The first kappa shape index (κ1) is 8.70. The Morgan fingerprint density at radius 2 is 1.89 bits per heavy atom. The van der Waals surface area contributed by atoms with Crippen LogP contribution < -0.4 is 0 Å². The Morgan fingerprint density at radius 3 is 2.22 bits per heavy atom. The minimum Gasteiger partial charge on any atom is -0.381 e. The Kier molecular flexibility index (Phi) is 4.41. The van der Waals surface area contributed by atoms with Gasteiger partial charge in [-0.15, -0.1) is 0 Å². The van der Waals surface area contributed by atoms with Gasteiger partial charge in [0.1, 0.15) is 0 Å². The molecule has 9 heavy (non-hydrogen) atoms. The molecule has 0 saturated carbocycles. The van der Waals surface area contributed by atoms with Crippen LogP contribution in [0.5, 0.6) is 0 Å². The van der Waals surface area contributed by atoms with Gasteiger partial charge in [-0.25, -0.2) is 0 Å². The zero-order valence-corrected chi connectivity index (χ0v) is 6.72. The highest BCUT2D eigenvalue weighted by atomic mass is 16.5.